The molecule has 3 aromatic rings. The Kier molecular flexibility index (Phi) is 5.72. The second-order valence-corrected chi connectivity index (χ2v) is 8.45. The number of hydrogen-bond acceptors (Lipinski definition) is 4. The molecular weight excluding hydrogens is 446 g/mol. The summed E-state index contributed by atoms with van der Waals surface area (Å²) in [5.41, 5.74) is 2.13. The first-order valence-electron chi connectivity index (χ1n) is 9.86. The molecular formula is C23H22BrN3O3. The summed E-state index contributed by atoms with van der Waals surface area (Å²) in [6.07, 6.45) is 3.50. The van der Waals surface area contributed by atoms with Crippen LogP contribution in [0.4, 0.5) is 5.69 Å². The fraction of sp³-hybridized carbons (Fsp3) is 0.261. The molecule has 1 aromatic heterocycles. The Balaban J connectivity index is 1.55. The maximum atomic E-state index is 12.1. The molecule has 0 spiro atoms. The van der Waals surface area contributed by atoms with E-state index < -0.39 is 0 Å². The van der Waals surface area contributed by atoms with Crippen LogP contribution in [0, 0.1) is 0 Å². The van der Waals surface area contributed by atoms with E-state index >= 15 is 0 Å². The topological polar surface area (TPSA) is 85.8 Å². The van der Waals surface area contributed by atoms with Crippen LogP contribution in [0.2, 0.25) is 0 Å². The van der Waals surface area contributed by atoms with Crippen LogP contribution in [-0.4, -0.2) is 40.2 Å². The largest absolute Gasteiger partial charge is 0.494 e. The number of rotatable bonds is 3. The molecule has 0 radical (unpaired) electrons. The first kappa shape index (κ1) is 20.3. The molecule has 1 fully saturated rings. The van der Waals surface area contributed by atoms with E-state index in [0.29, 0.717) is 22.3 Å². The van der Waals surface area contributed by atoms with Gasteiger partial charge in [-0.25, -0.2) is 0 Å². The van der Waals surface area contributed by atoms with Crippen molar-refractivity contribution in [3.8, 4) is 5.88 Å². The highest BCUT2D eigenvalue weighted by molar-refractivity contribution is 9.10. The van der Waals surface area contributed by atoms with Crippen molar-refractivity contribution in [3.63, 3.8) is 0 Å². The summed E-state index contributed by atoms with van der Waals surface area (Å²) in [5, 5.41) is 11.4. The standard InChI is InChI=1S/C23H22BrN3O3/c1-14(28)27-10-8-16(9-11-27)15-2-5-18(6-3-15)25-13-21-20-12-17(24)4-7-19(20)22(29)26-23(21)30/h2-7,12-13,16H,8-11H2,1H3,(H2,26,29,30). The lowest BCUT2D eigenvalue weighted by molar-refractivity contribution is -0.129. The van der Waals surface area contributed by atoms with E-state index in [9.17, 15) is 14.7 Å². The van der Waals surface area contributed by atoms with E-state index in [1.807, 2.05) is 17.0 Å². The molecule has 4 rings (SSSR count). The normalized spacial score (nSPS) is 15.2. The van der Waals surface area contributed by atoms with Crippen molar-refractivity contribution in [2.45, 2.75) is 25.7 Å². The van der Waals surface area contributed by atoms with Crippen LogP contribution in [0.25, 0.3) is 10.8 Å². The summed E-state index contributed by atoms with van der Waals surface area (Å²) in [7, 11) is 0. The zero-order valence-corrected chi connectivity index (χ0v) is 18.1. The van der Waals surface area contributed by atoms with E-state index in [0.717, 1.165) is 36.1 Å². The smallest absolute Gasteiger partial charge is 0.258 e. The summed E-state index contributed by atoms with van der Waals surface area (Å²) < 4.78 is 0.815. The van der Waals surface area contributed by atoms with Crippen LogP contribution >= 0.6 is 15.9 Å². The third kappa shape index (κ3) is 4.16. The zero-order valence-electron chi connectivity index (χ0n) is 16.6. The van der Waals surface area contributed by atoms with Gasteiger partial charge in [0, 0.05) is 41.5 Å². The number of fused-ring (bicyclic) bond motifs is 1. The number of pyridine rings is 1. The number of benzene rings is 2. The number of carbonyl (C=O) groups excluding carboxylic acids is 1. The number of aliphatic imine (C=N–C) groups is 1. The predicted molar refractivity (Wildman–Crippen MR) is 122 cm³/mol. The lowest BCUT2D eigenvalue weighted by Gasteiger charge is -2.31. The average Bonchev–Trinajstić information content (AvgIpc) is 2.74. The van der Waals surface area contributed by atoms with Crippen molar-refractivity contribution >= 4 is 44.5 Å². The molecule has 0 saturated carbocycles. The Hall–Kier alpha value is -2.93. The molecule has 0 atom stereocenters. The molecule has 2 N–H and O–H groups in total. The minimum absolute atomic E-state index is 0.142. The Morgan fingerprint density at radius 3 is 2.53 bits per heavy atom. The minimum atomic E-state index is -0.340. The van der Waals surface area contributed by atoms with Gasteiger partial charge in [0.25, 0.3) is 5.56 Å². The van der Waals surface area contributed by atoms with Crippen LogP contribution in [0.15, 0.2) is 56.7 Å². The van der Waals surface area contributed by atoms with E-state index in [2.05, 4.69) is 38.0 Å². The number of piperidine rings is 1. The maximum Gasteiger partial charge on any atom is 0.258 e. The van der Waals surface area contributed by atoms with Crippen molar-refractivity contribution in [2.24, 2.45) is 4.99 Å². The minimum Gasteiger partial charge on any atom is -0.494 e. The molecule has 7 heteroatoms. The first-order chi connectivity index (χ1) is 14.4. The van der Waals surface area contributed by atoms with Crippen molar-refractivity contribution < 1.29 is 9.90 Å². The van der Waals surface area contributed by atoms with Crippen molar-refractivity contribution in [1.29, 1.82) is 0 Å². The Morgan fingerprint density at radius 1 is 1.17 bits per heavy atom. The molecule has 154 valence electrons. The van der Waals surface area contributed by atoms with Crippen LogP contribution in [-0.2, 0) is 4.79 Å². The van der Waals surface area contributed by atoms with Gasteiger partial charge >= 0.3 is 0 Å². The molecule has 0 unspecified atom stereocenters. The highest BCUT2D eigenvalue weighted by atomic mass is 79.9. The van der Waals surface area contributed by atoms with E-state index in [-0.39, 0.29) is 17.3 Å². The van der Waals surface area contributed by atoms with Gasteiger partial charge < -0.3 is 10.0 Å². The third-order valence-electron chi connectivity index (χ3n) is 5.65. The average molecular weight is 468 g/mol. The fourth-order valence-corrected chi connectivity index (χ4v) is 4.30. The molecule has 1 aliphatic rings. The first-order valence-corrected chi connectivity index (χ1v) is 10.7. The van der Waals surface area contributed by atoms with Crippen molar-refractivity contribution in [3.05, 3.63) is 68.4 Å². The molecule has 0 aliphatic carbocycles. The Bertz CT molecular complexity index is 1180. The second kappa shape index (κ2) is 8.44. The zero-order chi connectivity index (χ0) is 21.3. The highest BCUT2D eigenvalue weighted by Gasteiger charge is 2.21. The van der Waals surface area contributed by atoms with Crippen LogP contribution < -0.4 is 5.56 Å². The Morgan fingerprint density at radius 2 is 1.87 bits per heavy atom. The van der Waals surface area contributed by atoms with Crippen molar-refractivity contribution in [2.75, 3.05) is 13.1 Å². The van der Waals surface area contributed by atoms with E-state index in [1.165, 1.54) is 5.56 Å². The number of carbonyl (C=O) groups is 1. The van der Waals surface area contributed by atoms with Gasteiger partial charge in [-0.1, -0.05) is 28.1 Å². The summed E-state index contributed by atoms with van der Waals surface area (Å²) in [6, 6.07) is 13.3. The van der Waals surface area contributed by atoms with Gasteiger partial charge in [0.1, 0.15) is 0 Å². The van der Waals surface area contributed by atoms with E-state index in [1.54, 1.807) is 31.3 Å². The number of H-pyrrole nitrogens is 1. The number of halogens is 1. The lowest BCUT2D eigenvalue weighted by Crippen LogP contribution is -2.36. The van der Waals surface area contributed by atoms with Gasteiger partial charge in [0.2, 0.25) is 11.8 Å². The molecule has 1 aliphatic heterocycles. The summed E-state index contributed by atoms with van der Waals surface area (Å²) in [5.74, 6) is 0.384. The number of aromatic hydroxyl groups is 1. The Labute approximate surface area is 182 Å². The monoisotopic (exact) mass is 467 g/mol. The van der Waals surface area contributed by atoms with Gasteiger partial charge in [-0.15, -0.1) is 0 Å². The van der Waals surface area contributed by atoms with Crippen LogP contribution in [0.5, 0.6) is 5.88 Å². The lowest BCUT2D eigenvalue weighted by atomic mass is 9.89. The molecule has 30 heavy (non-hydrogen) atoms. The summed E-state index contributed by atoms with van der Waals surface area (Å²) in [6.45, 7) is 3.22. The molecule has 1 amide bonds. The molecule has 0 bridgehead atoms. The van der Waals surface area contributed by atoms with Gasteiger partial charge in [-0.3, -0.25) is 19.6 Å². The molecule has 2 heterocycles. The van der Waals surface area contributed by atoms with Gasteiger partial charge in [0.15, 0.2) is 0 Å². The number of likely N-dealkylation sites (tertiary alicyclic amines) is 1. The maximum absolute atomic E-state index is 12.1. The van der Waals surface area contributed by atoms with Gasteiger partial charge in [-0.2, -0.15) is 0 Å². The van der Waals surface area contributed by atoms with Crippen LogP contribution in [0.3, 0.4) is 0 Å². The van der Waals surface area contributed by atoms with Gasteiger partial charge in [0.05, 0.1) is 11.3 Å². The molecule has 2 aromatic carbocycles. The highest BCUT2D eigenvalue weighted by Crippen LogP contribution is 2.30. The number of amides is 1. The fourth-order valence-electron chi connectivity index (χ4n) is 3.94. The van der Waals surface area contributed by atoms with Gasteiger partial charge in [-0.05, 0) is 54.7 Å². The number of nitrogens with one attached hydrogen (secondary N) is 1. The number of hydrogen-bond donors (Lipinski definition) is 2. The summed E-state index contributed by atoms with van der Waals surface area (Å²) >= 11 is 3.41. The van der Waals surface area contributed by atoms with Crippen LogP contribution in [0.1, 0.15) is 36.8 Å². The molecule has 6 nitrogen and oxygen atoms in total. The number of nitrogens with zero attached hydrogens (tertiary/aromatic N) is 2. The van der Waals surface area contributed by atoms with E-state index in [4.69, 9.17) is 0 Å². The van der Waals surface area contributed by atoms with Crippen molar-refractivity contribution in [1.82, 2.24) is 9.88 Å². The quantitative estimate of drug-likeness (QED) is 0.557. The number of aromatic nitrogens is 1. The summed E-state index contributed by atoms with van der Waals surface area (Å²) in [4.78, 5) is 32.4. The number of aromatic amines is 1. The predicted octanol–water partition coefficient (Wildman–Crippen LogP) is 4.47. The molecule has 1 saturated heterocycles. The third-order valence-corrected chi connectivity index (χ3v) is 6.14. The second-order valence-electron chi connectivity index (χ2n) is 7.54. The SMILES string of the molecule is CC(=O)N1CCC(c2ccc(N=Cc3c(O)[nH]c(=O)c4ccc(Br)cc34)cc2)CC1.